The zero-order valence-electron chi connectivity index (χ0n) is 21.0. The van der Waals surface area contributed by atoms with Gasteiger partial charge in [-0.2, -0.15) is 0 Å². The lowest BCUT2D eigenvalue weighted by atomic mass is 9.95. The lowest BCUT2D eigenvalue weighted by Gasteiger charge is -2.33. The molecular formula is C22H33FN8O4S. The van der Waals surface area contributed by atoms with Crippen molar-refractivity contribution in [2.24, 2.45) is 5.92 Å². The number of hydrogen-bond acceptors (Lipinski definition) is 9. The van der Waals surface area contributed by atoms with E-state index in [2.05, 4.69) is 31.1 Å². The average Bonchev–Trinajstić information content (AvgIpc) is 3.45. The summed E-state index contributed by atoms with van der Waals surface area (Å²) in [6, 6.07) is 0. The van der Waals surface area contributed by atoms with Gasteiger partial charge in [0, 0.05) is 33.0 Å². The highest BCUT2D eigenvalue weighted by Crippen LogP contribution is 2.23. The van der Waals surface area contributed by atoms with E-state index in [0.717, 1.165) is 12.8 Å². The van der Waals surface area contributed by atoms with Gasteiger partial charge in [-0.3, -0.25) is 9.59 Å². The third-order valence-corrected chi connectivity index (χ3v) is 6.31. The largest absolute Gasteiger partial charge is 0.444 e. The number of rotatable bonds is 9. The first-order chi connectivity index (χ1) is 17.0. The fraction of sp³-hybridized carbons (Fsp3) is 0.682. The van der Waals surface area contributed by atoms with Crippen molar-refractivity contribution in [2.75, 3.05) is 25.5 Å². The fourth-order valence-electron chi connectivity index (χ4n) is 3.76. The minimum atomic E-state index is -1.22. The predicted octanol–water partition coefficient (Wildman–Crippen LogP) is 2.44. The molecule has 0 saturated carbocycles. The van der Waals surface area contributed by atoms with E-state index in [1.807, 2.05) is 20.8 Å². The summed E-state index contributed by atoms with van der Waals surface area (Å²) in [5.74, 6) is -0.550. The lowest BCUT2D eigenvalue weighted by molar-refractivity contribution is -0.117. The van der Waals surface area contributed by atoms with Crippen LogP contribution in [0.15, 0.2) is 6.20 Å². The Morgan fingerprint density at radius 1 is 1.28 bits per heavy atom. The number of aromatic nitrogens is 5. The number of carbonyl (C=O) groups is 3. The first-order valence-corrected chi connectivity index (χ1v) is 12.7. The molecule has 2 atom stereocenters. The van der Waals surface area contributed by atoms with Crippen molar-refractivity contribution >= 4 is 34.4 Å². The third-order valence-electron chi connectivity index (χ3n) is 5.41. The third kappa shape index (κ3) is 8.50. The highest BCUT2D eigenvalue weighted by Gasteiger charge is 2.29. The molecule has 1 saturated heterocycles. The van der Waals surface area contributed by atoms with Crippen LogP contribution in [0.25, 0.3) is 0 Å². The maximum Gasteiger partial charge on any atom is 0.410 e. The number of aryl methyl sites for hydroxylation is 1. The molecule has 3 rings (SSSR count). The Balaban J connectivity index is 1.41. The zero-order valence-corrected chi connectivity index (χ0v) is 21.8. The summed E-state index contributed by atoms with van der Waals surface area (Å²) in [7, 11) is 1.48. The number of likely N-dealkylation sites (tertiary alicyclic amines) is 1. The Kier molecular flexibility index (Phi) is 9.29. The van der Waals surface area contributed by atoms with Crippen molar-refractivity contribution in [2.45, 2.75) is 71.2 Å². The van der Waals surface area contributed by atoms with E-state index >= 15 is 0 Å². The molecule has 36 heavy (non-hydrogen) atoms. The molecule has 2 N–H and O–H groups in total. The van der Waals surface area contributed by atoms with E-state index in [1.165, 1.54) is 29.3 Å². The van der Waals surface area contributed by atoms with E-state index in [1.54, 1.807) is 4.90 Å². The molecule has 1 aliphatic heterocycles. The quantitative estimate of drug-likeness (QED) is 0.509. The Bertz CT molecular complexity index is 1050. The fourth-order valence-corrected chi connectivity index (χ4v) is 4.53. The van der Waals surface area contributed by atoms with Crippen LogP contribution in [0.5, 0.6) is 0 Å². The number of anilines is 1. The van der Waals surface area contributed by atoms with Crippen LogP contribution in [0.4, 0.5) is 14.3 Å². The van der Waals surface area contributed by atoms with Crippen molar-refractivity contribution in [3.05, 3.63) is 16.9 Å². The number of piperidine rings is 1. The van der Waals surface area contributed by atoms with Crippen LogP contribution < -0.4 is 10.6 Å². The van der Waals surface area contributed by atoms with E-state index in [-0.39, 0.29) is 48.9 Å². The minimum absolute atomic E-state index is 0.0336. The molecule has 0 radical (unpaired) electrons. The van der Waals surface area contributed by atoms with Gasteiger partial charge in [0.25, 0.3) is 5.91 Å². The normalized spacial score (nSPS) is 16.9. The van der Waals surface area contributed by atoms with E-state index in [0.29, 0.717) is 29.6 Å². The van der Waals surface area contributed by atoms with E-state index in [4.69, 9.17) is 4.74 Å². The second-order valence-corrected chi connectivity index (χ2v) is 10.8. The van der Waals surface area contributed by atoms with Gasteiger partial charge in [0.15, 0.2) is 5.69 Å². The monoisotopic (exact) mass is 524 g/mol. The number of hydrogen-bond donors (Lipinski definition) is 2. The standard InChI is InChI=1S/C22H33FN8O4S/c1-22(2,3)35-21(34)30-9-5-6-14(11-30)10-17(32)25-20-28-27-18(36-20)8-7-15(23)12-31-13-16(26-29-31)19(33)24-4/h13-15H,5-12H2,1-4H3,(H,24,33)(H,25,28,32). The van der Waals surface area contributed by atoms with Crippen LogP contribution in [0.2, 0.25) is 0 Å². The Morgan fingerprint density at radius 3 is 2.78 bits per heavy atom. The summed E-state index contributed by atoms with van der Waals surface area (Å²) >= 11 is 1.20. The summed E-state index contributed by atoms with van der Waals surface area (Å²) in [5, 5.41) is 21.6. The van der Waals surface area contributed by atoms with Crippen molar-refractivity contribution in [1.29, 1.82) is 0 Å². The van der Waals surface area contributed by atoms with Gasteiger partial charge in [-0.15, -0.1) is 15.3 Å². The number of amides is 3. The van der Waals surface area contributed by atoms with Crippen molar-refractivity contribution in [1.82, 2.24) is 35.4 Å². The maximum atomic E-state index is 14.4. The molecule has 0 spiro atoms. The highest BCUT2D eigenvalue weighted by molar-refractivity contribution is 7.15. The molecule has 0 aliphatic carbocycles. The molecule has 3 heterocycles. The summed E-state index contributed by atoms with van der Waals surface area (Å²) in [4.78, 5) is 38.0. The van der Waals surface area contributed by atoms with Crippen LogP contribution in [-0.2, 0) is 22.5 Å². The molecular weight excluding hydrogens is 491 g/mol. The van der Waals surface area contributed by atoms with Crippen molar-refractivity contribution < 1.29 is 23.5 Å². The van der Waals surface area contributed by atoms with Gasteiger partial charge in [-0.1, -0.05) is 16.6 Å². The molecule has 14 heteroatoms. The number of nitrogens with one attached hydrogen (secondary N) is 2. The molecule has 0 bridgehead atoms. The molecule has 198 valence electrons. The van der Waals surface area contributed by atoms with Crippen LogP contribution in [0.3, 0.4) is 0 Å². The minimum Gasteiger partial charge on any atom is -0.444 e. The second kappa shape index (κ2) is 12.2. The first-order valence-electron chi connectivity index (χ1n) is 11.9. The SMILES string of the molecule is CNC(=O)c1cn(CC(F)CCc2nnc(NC(=O)CC3CCCN(C(=O)OC(C)(C)C)C3)s2)nn1. The Hall–Kier alpha value is -3.16. The Labute approximate surface area is 213 Å². The summed E-state index contributed by atoms with van der Waals surface area (Å²) in [6.07, 6.45) is 2.27. The second-order valence-electron chi connectivity index (χ2n) is 9.73. The predicted molar refractivity (Wildman–Crippen MR) is 130 cm³/mol. The average molecular weight is 525 g/mol. The van der Waals surface area contributed by atoms with Gasteiger partial charge < -0.3 is 20.3 Å². The van der Waals surface area contributed by atoms with Crippen LogP contribution in [0.1, 0.15) is 62.0 Å². The van der Waals surface area contributed by atoms with Crippen LogP contribution >= 0.6 is 11.3 Å². The molecule has 0 aromatic carbocycles. The number of halogens is 1. The van der Waals surface area contributed by atoms with E-state index < -0.39 is 11.8 Å². The molecule has 2 aromatic rings. The van der Waals surface area contributed by atoms with Crippen LogP contribution in [0, 0.1) is 5.92 Å². The van der Waals surface area contributed by atoms with Gasteiger partial charge >= 0.3 is 6.09 Å². The summed E-state index contributed by atoms with van der Waals surface area (Å²) in [5.41, 5.74) is -0.439. The van der Waals surface area contributed by atoms with Crippen molar-refractivity contribution in [3.8, 4) is 0 Å². The molecule has 1 fully saturated rings. The first kappa shape index (κ1) is 27.4. The molecule has 2 unspecified atom stereocenters. The number of nitrogens with zero attached hydrogens (tertiary/aromatic N) is 6. The summed E-state index contributed by atoms with van der Waals surface area (Å²) in [6.45, 7) is 6.53. The zero-order chi connectivity index (χ0) is 26.3. The van der Waals surface area contributed by atoms with Gasteiger partial charge in [0.05, 0.1) is 12.7 Å². The van der Waals surface area contributed by atoms with Gasteiger partial charge in [0.2, 0.25) is 11.0 Å². The lowest BCUT2D eigenvalue weighted by Crippen LogP contribution is -2.43. The molecule has 3 amide bonds. The van der Waals surface area contributed by atoms with Gasteiger partial charge in [-0.25, -0.2) is 13.9 Å². The number of alkyl halides is 1. The van der Waals surface area contributed by atoms with E-state index in [9.17, 15) is 18.8 Å². The smallest absolute Gasteiger partial charge is 0.410 e. The van der Waals surface area contributed by atoms with Crippen molar-refractivity contribution in [3.63, 3.8) is 0 Å². The van der Waals surface area contributed by atoms with Gasteiger partial charge in [-0.05, 0) is 46.0 Å². The number of carbonyl (C=O) groups excluding carboxylic acids is 3. The number of ether oxygens (including phenoxy) is 1. The van der Waals surface area contributed by atoms with Gasteiger partial charge in [0.1, 0.15) is 16.8 Å². The highest BCUT2D eigenvalue weighted by atomic mass is 32.1. The Morgan fingerprint density at radius 2 is 2.06 bits per heavy atom. The van der Waals surface area contributed by atoms with Crippen LogP contribution in [-0.4, -0.2) is 79.9 Å². The summed E-state index contributed by atoms with van der Waals surface area (Å²) < 4.78 is 21.1. The molecule has 12 nitrogen and oxygen atoms in total. The maximum absolute atomic E-state index is 14.4. The topological polar surface area (TPSA) is 144 Å². The molecule has 1 aliphatic rings. The molecule has 2 aromatic heterocycles.